The molecule has 2 aromatic carbocycles. The van der Waals surface area contributed by atoms with E-state index >= 15 is 0 Å². The molecule has 0 N–H and O–H groups in total. The topological polar surface area (TPSA) is 36.3 Å². The van der Waals surface area contributed by atoms with Gasteiger partial charge in [-0.25, -0.2) is 8.78 Å². The summed E-state index contributed by atoms with van der Waals surface area (Å²) in [5, 5.41) is 9.36. The Kier molecular flexibility index (Phi) is 5.53. The Hall–Kier alpha value is -2.61. The van der Waals surface area contributed by atoms with Crippen LogP contribution < -0.4 is 9.64 Å². The lowest BCUT2D eigenvalue weighted by atomic mass is 9.97. The van der Waals surface area contributed by atoms with Crippen LogP contribution in [-0.4, -0.2) is 20.7 Å². The molecule has 0 aliphatic heterocycles. The summed E-state index contributed by atoms with van der Waals surface area (Å²) in [6.07, 6.45) is 0.465. The summed E-state index contributed by atoms with van der Waals surface area (Å²) in [7, 11) is 3.87. The molecule has 2 aromatic rings. The average molecular weight is 316 g/mol. The molecule has 0 aliphatic carbocycles. The SMILES string of the molecule is CN(C)c1cccc(C(C#N)CCOc2ccc(F)c(F)c2)c1. The predicted octanol–water partition coefficient (Wildman–Crippen LogP) is 4.11. The summed E-state index contributed by atoms with van der Waals surface area (Å²) in [5.74, 6) is -1.92. The second-order valence-corrected chi connectivity index (χ2v) is 5.38. The second kappa shape index (κ2) is 7.59. The monoisotopic (exact) mass is 316 g/mol. The molecule has 120 valence electrons. The van der Waals surface area contributed by atoms with Crippen molar-refractivity contribution in [3.63, 3.8) is 0 Å². The quantitative estimate of drug-likeness (QED) is 0.805. The van der Waals surface area contributed by atoms with E-state index < -0.39 is 11.6 Å². The summed E-state index contributed by atoms with van der Waals surface area (Å²) in [6.45, 7) is 0.246. The Balaban J connectivity index is 1.99. The van der Waals surface area contributed by atoms with E-state index in [9.17, 15) is 14.0 Å². The van der Waals surface area contributed by atoms with Gasteiger partial charge in [-0.15, -0.1) is 0 Å². The zero-order chi connectivity index (χ0) is 16.8. The molecule has 1 atom stereocenters. The molecule has 0 aliphatic rings. The Morgan fingerprint density at radius 2 is 1.91 bits per heavy atom. The smallest absolute Gasteiger partial charge is 0.162 e. The Morgan fingerprint density at radius 1 is 1.13 bits per heavy atom. The molecule has 5 heteroatoms. The van der Waals surface area contributed by atoms with E-state index in [0.29, 0.717) is 6.42 Å². The minimum atomic E-state index is -0.946. The highest BCUT2D eigenvalue weighted by atomic mass is 19.2. The molecule has 0 bridgehead atoms. The molecule has 0 saturated carbocycles. The standard InChI is InChI=1S/C18H18F2N2O/c1-22(2)15-5-3-4-13(10-15)14(12-21)8-9-23-16-6-7-17(19)18(20)11-16/h3-7,10-11,14H,8-9H2,1-2H3. The summed E-state index contributed by atoms with van der Waals surface area (Å²) in [5.41, 5.74) is 1.93. The van der Waals surface area contributed by atoms with Crippen LogP contribution in [0.2, 0.25) is 0 Å². The van der Waals surface area contributed by atoms with Gasteiger partial charge in [-0.05, 0) is 29.8 Å². The zero-order valence-corrected chi connectivity index (χ0v) is 13.1. The number of anilines is 1. The third-order valence-electron chi connectivity index (χ3n) is 3.51. The van der Waals surface area contributed by atoms with Gasteiger partial charge in [-0.1, -0.05) is 12.1 Å². The van der Waals surface area contributed by atoms with Gasteiger partial charge in [0.05, 0.1) is 18.6 Å². The lowest BCUT2D eigenvalue weighted by Gasteiger charge is -2.16. The lowest BCUT2D eigenvalue weighted by molar-refractivity contribution is 0.303. The van der Waals surface area contributed by atoms with Crippen molar-refractivity contribution in [2.24, 2.45) is 0 Å². The Labute approximate surface area is 134 Å². The van der Waals surface area contributed by atoms with Crippen molar-refractivity contribution in [2.45, 2.75) is 12.3 Å². The van der Waals surface area contributed by atoms with Crippen LogP contribution in [0.25, 0.3) is 0 Å². The predicted molar refractivity (Wildman–Crippen MR) is 85.6 cm³/mol. The van der Waals surface area contributed by atoms with E-state index in [1.165, 1.54) is 6.07 Å². The first-order chi connectivity index (χ1) is 11.0. The van der Waals surface area contributed by atoms with Crippen LogP contribution in [0.15, 0.2) is 42.5 Å². The number of benzene rings is 2. The third kappa shape index (κ3) is 4.43. The van der Waals surface area contributed by atoms with Gasteiger partial charge in [-0.3, -0.25) is 0 Å². The maximum Gasteiger partial charge on any atom is 0.162 e. The van der Waals surface area contributed by atoms with Crippen LogP contribution in [0.3, 0.4) is 0 Å². The molecular weight excluding hydrogens is 298 g/mol. The van der Waals surface area contributed by atoms with Gasteiger partial charge < -0.3 is 9.64 Å². The van der Waals surface area contributed by atoms with Crippen LogP contribution in [0.1, 0.15) is 17.9 Å². The second-order valence-electron chi connectivity index (χ2n) is 5.38. The van der Waals surface area contributed by atoms with Gasteiger partial charge in [0.15, 0.2) is 11.6 Å². The fraction of sp³-hybridized carbons (Fsp3) is 0.278. The normalized spacial score (nSPS) is 11.6. The minimum Gasteiger partial charge on any atom is -0.493 e. The maximum absolute atomic E-state index is 13.1. The van der Waals surface area contributed by atoms with E-state index in [1.54, 1.807) is 0 Å². The number of hydrogen-bond donors (Lipinski definition) is 0. The van der Waals surface area contributed by atoms with Crippen LogP contribution in [0, 0.1) is 23.0 Å². The molecule has 3 nitrogen and oxygen atoms in total. The number of nitrogens with zero attached hydrogens (tertiary/aromatic N) is 2. The van der Waals surface area contributed by atoms with E-state index in [-0.39, 0.29) is 18.3 Å². The molecule has 0 amide bonds. The average Bonchev–Trinajstić information content (AvgIpc) is 2.55. The molecule has 0 fully saturated rings. The minimum absolute atomic E-state index is 0.246. The number of hydrogen-bond acceptors (Lipinski definition) is 3. The van der Waals surface area contributed by atoms with Crippen molar-refractivity contribution < 1.29 is 13.5 Å². The molecule has 0 saturated heterocycles. The number of rotatable bonds is 6. The van der Waals surface area contributed by atoms with E-state index in [1.807, 2.05) is 43.3 Å². The third-order valence-corrected chi connectivity index (χ3v) is 3.51. The molecule has 0 spiro atoms. The summed E-state index contributed by atoms with van der Waals surface area (Å²) in [6, 6.07) is 13.4. The van der Waals surface area contributed by atoms with Crippen molar-refractivity contribution in [1.82, 2.24) is 0 Å². The molecular formula is C18H18F2N2O. The number of halogens is 2. The summed E-state index contributed by atoms with van der Waals surface area (Å²) < 4.78 is 31.4. The number of nitriles is 1. The fourth-order valence-electron chi connectivity index (χ4n) is 2.19. The molecule has 0 aromatic heterocycles. The lowest BCUT2D eigenvalue weighted by Crippen LogP contribution is -2.10. The summed E-state index contributed by atoms with van der Waals surface area (Å²) in [4.78, 5) is 1.97. The maximum atomic E-state index is 13.1. The number of ether oxygens (including phenoxy) is 1. The highest BCUT2D eigenvalue weighted by Gasteiger charge is 2.12. The van der Waals surface area contributed by atoms with Gasteiger partial charge in [-0.2, -0.15) is 5.26 Å². The van der Waals surface area contributed by atoms with Crippen molar-refractivity contribution in [1.29, 1.82) is 5.26 Å². The van der Waals surface area contributed by atoms with Gasteiger partial charge >= 0.3 is 0 Å². The van der Waals surface area contributed by atoms with Gasteiger partial charge in [0, 0.05) is 32.3 Å². The van der Waals surface area contributed by atoms with Crippen LogP contribution in [-0.2, 0) is 0 Å². The van der Waals surface area contributed by atoms with Crippen LogP contribution >= 0.6 is 0 Å². The fourth-order valence-corrected chi connectivity index (χ4v) is 2.19. The van der Waals surface area contributed by atoms with E-state index in [2.05, 4.69) is 6.07 Å². The molecule has 0 heterocycles. The Bertz CT molecular complexity index is 710. The first-order valence-corrected chi connectivity index (χ1v) is 7.26. The van der Waals surface area contributed by atoms with Crippen molar-refractivity contribution in [2.75, 3.05) is 25.6 Å². The molecule has 23 heavy (non-hydrogen) atoms. The van der Waals surface area contributed by atoms with Crippen molar-refractivity contribution in [3.8, 4) is 11.8 Å². The molecule has 2 rings (SSSR count). The Morgan fingerprint density at radius 3 is 2.57 bits per heavy atom. The first-order valence-electron chi connectivity index (χ1n) is 7.26. The first kappa shape index (κ1) is 16.8. The highest BCUT2D eigenvalue weighted by molar-refractivity contribution is 5.48. The highest BCUT2D eigenvalue weighted by Crippen LogP contribution is 2.24. The van der Waals surface area contributed by atoms with Gasteiger partial charge in [0.2, 0.25) is 0 Å². The van der Waals surface area contributed by atoms with Gasteiger partial charge in [0.1, 0.15) is 5.75 Å². The van der Waals surface area contributed by atoms with Crippen molar-refractivity contribution in [3.05, 3.63) is 59.7 Å². The molecule has 1 unspecified atom stereocenters. The largest absolute Gasteiger partial charge is 0.493 e. The van der Waals surface area contributed by atoms with E-state index in [4.69, 9.17) is 4.74 Å². The molecule has 0 radical (unpaired) electrons. The van der Waals surface area contributed by atoms with E-state index in [0.717, 1.165) is 23.4 Å². The van der Waals surface area contributed by atoms with Crippen molar-refractivity contribution >= 4 is 5.69 Å². The summed E-state index contributed by atoms with van der Waals surface area (Å²) >= 11 is 0. The zero-order valence-electron chi connectivity index (χ0n) is 13.1. The van der Waals surface area contributed by atoms with Crippen LogP contribution in [0.4, 0.5) is 14.5 Å². The van der Waals surface area contributed by atoms with Crippen LogP contribution in [0.5, 0.6) is 5.75 Å². The van der Waals surface area contributed by atoms with Gasteiger partial charge in [0.25, 0.3) is 0 Å².